The van der Waals surface area contributed by atoms with Gasteiger partial charge >= 0.3 is 5.97 Å². The molecule has 0 radical (unpaired) electrons. The molecular weight excluding hydrogens is 447 g/mol. The van der Waals surface area contributed by atoms with Crippen LogP contribution < -0.4 is 5.32 Å². The Bertz CT molecular complexity index is 794. The summed E-state index contributed by atoms with van der Waals surface area (Å²) in [4.78, 5) is 23.6. The molecule has 2 rings (SSSR count). The lowest BCUT2D eigenvalue weighted by molar-refractivity contribution is -0.119. The maximum atomic E-state index is 13.6. The predicted molar refractivity (Wildman–Crippen MR) is 94.5 cm³/mol. The number of hydrogen-bond acceptors (Lipinski definition) is 3. The van der Waals surface area contributed by atoms with Gasteiger partial charge < -0.3 is 10.1 Å². The number of ether oxygens (including phenoxy) is 1. The molecule has 126 valence electrons. The Morgan fingerprint density at radius 2 is 1.75 bits per heavy atom. The second-order valence-electron chi connectivity index (χ2n) is 4.49. The summed E-state index contributed by atoms with van der Waals surface area (Å²) in [5.74, 6) is -2.42. The third-order valence-corrected chi connectivity index (χ3v) is 4.06. The molecule has 0 aliphatic carbocycles. The third kappa shape index (κ3) is 4.83. The van der Waals surface area contributed by atoms with Crippen LogP contribution in [-0.2, 0) is 9.53 Å². The van der Waals surface area contributed by atoms with E-state index in [0.29, 0.717) is 9.50 Å². The maximum Gasteiger partial charge on any atom is 0.341 e. The lowest BCUT2D eigenvalue weighted by Gasteiger charge is -2.10. The number of anilines is 1. The van der Waals surface area contributed by atoms with E-state index < -0.39 is 24.3 Å². The number of benzene rings is 2. The number of nitrogens with one attached hydrogen (secondary N) is 1. The van der Waals surface area contributed by atoms with Crippen molar-refractivity contribution in [3.63, 3.8) is 0 Å². The fourth-order valence-electron chi connectivity index (χ4n) is 1.70. The highest BCUT2D eigenvalue weighted by atomic mass is 79.9. The first-order chi connectivity index (χ1) is 11.3. The molecule has 0 aliphatic heterocycles. The second kappa shape index (κ2) is 8.16. The van der Waals surface area contributed by atoms with E-state index in [9.17, 15) is 14.0 Å². The van der Waals surface area contributed by atoms with E-state index in [4.69, 9.17) is 39.5 Å². The number of halogens is 5. The van der Waals surface area contributed by atoms with Crippen molar-refractivity contribution in [2.75, 3.05) is 11.9 Å². The Morgan fingerprint density at radius 3 is 2.33 bits per heavy atom. The summed E-state index contributed by atoms with van der Waals surface area (Å²) in [6.45, 7) is -0.635. The number of esters is 1. The van der Waals surface area contributed by atoms with E-state index in [-0.39, 0.29) is 21.3 Å². The number of rotatable bonds is 4. The minimum atomic E-state index is -0.969. The van der Waals surface area contributed by atoms with Gasteiger partial charge in [0.15, 0.2) is 6.61 Å². The van der Waals surface area contributed by atoms with Gasteiger partial charge in [0.25, 0.3) is 5.91 Å². The fourth-order valence-corrected chi connectivity index (χ4v) is 2.95. The third-order valence-electron chi connectivity index (χ3n) is 2.76. The summed E-state index contributed by atoms with van der Waals surface area (Å²) in [6, 6.07) is 6.63. The smallest absolute Gasteiger partial charge is 0.341 e. The molecule has 0 atom stereocenters. The van der Waals surface area contributed by atoms with Crippen molar-refractivity contribution in [2.24, 2.45) is 0 Å². The van der Waals surface area contributed by atoms with Gasteiger partial charge in [-0.1, -0.05) is 50.7 Å². The standard InChI is InChI=1S/C15H8BrCl3FNO3/c16-7-1-2-9(12(20)3-7)15(23)24-6-13(22)21-14-10(18)4-8(17)5-11(14)19/h1-5H,6H2,(H,21,22). The van der Waals surface area contributed by atoms with Gasteiger partial charge in [-0.05, 0) is 30.3 Å². The summed E-state index contributed by atoms with van der Waals surface area (Å²) in [5.41, 5.74) is -0.146. The first-order valence-corrected chi connectivity index (χ1v) is 8.27. The highest BCUT2D eigenvalue weighted by molar-refractivity contribution is 9.10. The van der Waals surface area contributed by atoms with E-state index >= 15 is 0 Å². The number of carbonyl (C=O) groups is 2. The SMILES string of the molecule is O=C(COC(=O)c1ccc(Br)cc1F)Nc1c(Cl)cc(Cl)cc1Cl. The highest BCUT2D eigenvalue weighted by Crippen LogP contribution is 2.33. The largest absolute Gasteiger partial charge is 0.452 e. The minimum Gasteiger partial charge on any atom is -0.452 e. The number of carbonyl (C=O) groups excluding carboxylic acids is 2. The van der Waals surface area contributed by atoms with Gasteiger partial charge in [0.1, 0.15) is 5.82 Å². The first kappa shape index (κ1) is 19.0. The Hall–Kier alpha value is -1.34. The Labute approximate surface area is 160 Å². The topological polar surface area (TPSA) is 55.4 Å². The Kier molecular flexibility index (Phi) is 6.46. The second-order valence-corrected chi connectivity index (χ2v) is 6.66. The monoisotopic (exact) mass is 453 g/mol. The van der Waals surface area contributed by atoms with Gasteiger partial charge in [0.2, 0.25) is 0 Å². The molecule has 0 fully saturated rings. The number of amides is 1. The van der Waals surface area contributed by atoms with Crippen molar-refractivity contribution >= 4 is 68.3 Å². The molecule has 0 bridgehead atoms. The van der Waals surface area contributed by atoms with Gasteiger partial charge in [-0.15, -0.1) is 0 Å². The van der Waals surface area contributed by atoms with Crippen molar-refractivity contribution in [2.45, 2.75) is 0 Å². The van der Waals surface area contributed by atoms with Crippen molar-refractivity contribution < 1.29 is 18.7 Å². The fraction of sp³-hybridized carbons (Fsp3) is 0.0667. The minimum absolute atomic E-state index is 0.131. The van der Waals surface area contributed by atoms with E-state index in [1.54, 1.807) is 0 Å². The van der Waals surface area contributed by atoms with Crippen LogP contribution >= 0.6 is 50.7 Å². The summed E-state index contributed by atoms with van der Waals surface area (Å²) in [6.07, 6.45) is 0. The summed E-state index contributed by atoms with van der Waals surface area (Å²) in [5, 5.41) is 2.96. The Morgan fingerprint density at radius 1 is 1.12 bits per heavy atom. The van der Waals surface area contributed by atoms with Crippen LogP contribution in [0, 0.1) is 5.82 Å². The average Bonchev–Trinajstić information content (AvgIpc) is 2.48. The average molecular weight is 455 g/mol. The van der Waals surface area contributed by atoms with Crippen LogP contribution in [0.25, 0.3) is 0 Å². The van der Waals surface area contributed by atoms with Crippen LogP contribution in [-0.4, -0.2) is 18.5 Å². The maximum absolute atomic E-state index is 13.6. The zero-order valence-electron chi connectivity index (χ0n) is 11.7. The molecule has 0 aliphatic rings. The normalized spacial score (nSPS) is 10.4. The highest BCUT2D eigenvalue weighted by Gasteiger charge is 2.16. The van der Waals surface area contributed by atoms with E-state index in [2.05, 4.69) is 21.2 Å². The molecule has 4 nitrogen and oxygen atoms in total. The van der Waals surface area contributed by atoms with Crippen molar-refractivity contribution in [3.05, 3.63) is 61.3 Å². The number of hydrogen-bond donors (Lipinski definition) is 1. The van der Waals surface area contributed by atoms with Crippen LogP contribution in [0.3, 0.4) is 0 Å². The molecule has 0 spiro atoms. The van der Waals surface area contributed by atoms with E-state index in [0.717, 1.165) is 6.07 Å². The summed E-state index contributed by atoms with van der Waals surface area (Å²) in [7, 11) is 0. The molecule has 0 saturated heterocycles. The molecule has 0 unspecified atom stereocenters. The van der Waals surface area contributed by atoms with Crippen molar-refractivity contribution in [3.8, 4) is 0 Å². The van der Waals surface area contributed by atoms with Crippen LogP contribution in [0.1, 0.15) is 10.4 Å². The zero-order chi connectivity index (χ0) is 17.9. The zero-order valence-corrected chi connectivity index (χ0v) is 15.6. The van der Waals surface area contributed by atoms with Crippen LogP contribution in [0.2, 0.25) is 15.1 Å². The van der Waals surface area contributed by atoms with Crippen LogP contribution in [0.4, 0.5) is 10.1 Å². The van der Waals surface area contributed by atoms with E-state index in [1.165, 1.54) is 24.3 Å². The van der Waals surface area contributed by atoms with Crippen LogP contribution in [0.5, 0.6) is 0 Å². The molecular formula is C15H8BrCl3FNO3. The van der Waals surface area contributed by atoms with Crippen molar-refractivity contribution in [1.29, 1.82) is 0 Å². The molecule has 9 heteroatoms. The molecule has 24 heavy (non-hydrogen) atoms. The summed E-state index contributed by atoms with van der Waals surface area (Å²) >= 11 is 20.7. The molecule has 2 aromatic rings. The lowest BCUT2D eigenvalue weighted by atomic mass is 10.2. The summed E-state index contributed by atoms with van der Waals surface area (Å²) < 4.78 is 18.9. The Balaban J connectivity index is 2.00. The van der Waals surface area contributed by atoms with Gasteiger partial charge in [0, 0.05) is 9.50 Å². The van der Waals surface area contributed by atoms with Crippen molar-refractivity contribution in [1.82, 2.24) is 0 Å². The molecule has 1 N–H and O–H groups in total. The van der Waals surface area contributed by atoms with E-state index in [1.807, 2.05) is 0 Å². The molecule has 0 heterocycles. The van der Waals surface area contributed by atoms with Gasteiger partial charge in [-0.25, -0.2) is 9.18 Å². The lowest BCUT2D eigenvalue weighted by Crippen LogP contribution is -2.21. The molecule has 0 aromatic heterocycles. The molecule has 2 aromatic carbocycles. The quantitative estimate of drug-likeness (QED) is 0.633. The molecule has 1 amide bonds. The van der Waals surface area contributed by atoms with Gasteiger partial charge in [-0.2, -0.15) is 0 Å². The van der Waals surface area contributed by atoms with Gasteiger partial charge in [0.05, 0.1) is 21.3 Å². The first-order valence-electron chi connectivity index (χ1n) is 6.34. The predicted octanol–water partition coefficient (Wildman–Crippen LogP) is 5.34. The molecule has 0 saturated carbocycles. The van der Waals surface area contributed by atoms with Crippen LogP contribution in [0.15, 0.2) is 34.8 Å². The van der Waals surface area contributed by atoms with Gasteiger partial charge in [-0.3, -0.25) is 4.79 Å².